The fraction of sp³-hybridized carbons (Fsp3) is 1.00. The Hall–Kier alpha value is 0.177. The van der Waals surface area contributed by atoms with Crippen molar-refractivity contribution in [1.29, 1.82) is 0 Å². The van der Waals surface area contributed by atoms with Crippen molar-refractivity contribution in [2.45, 2.75) is 52.8 Å². The summed E-state index contributed by atoms with van der Waals surface area (Å²) in [5, 5.41) is 0. The third-order valence-electron chi connectivity index (χ3n) is 2.64. The van der Waals surface area contributed by atoms with Gasteiger partial charge in [0.05, 0.1) is 0 Å². The molecule has 0 spiro atoms. The predicted octanol–water partition coefficient (Wildman–Crippen LogP) is 3.66. The second-order valence-corrected chi connectivity index (χ2v) is 8.79. The first-order valence-electron chi connectivity index (χ1n) is 5.18. The van der Waals surface area contributed by atoms with Gasteiger partial charge in [0.25, 0.3) is 0 Å². The van der Waals surface area contributed by atoms with Gasteiger partial charge in [-0.3, -0.25) is 0 Å². The Balaban J connectivity index is 3.58. The van der Waals surface area contributed by atoms with Gasteiger partial charge in [0, 0.05) is 6.61 Å². The second-order valence-electron chi connectivity index (χ2n) is 4.19. The quantitative estimate of drug-likeness (QED) is 0.578. The van der Waals surface area contributed by atoms with Gasteiger partial charge in [-0.2, -0.15) is 0 Å². The first kappa shape index (κ1) is 12.2. The van der Waals surface area contributed by atoms with E-state index in [1.807, 2.05) is 0 Å². The summed E-state index contributed by atoms with van der Waals surface area (Å²) in [6.45, 7) is 12.3. The highest BCUT2D eigenvalue weighted by Gasteiger charge is 2.23. The Bertz CT molecular complexity index is 108. The lowest BCUT2D eigenvalue weighted by Crippen LogP contribution is -2.33. The van der Waals surface area contributed by atoms with Gasteiger partial charge in [-0.25, -0.2) is 0 Å². The summed E-state index contributed by atoms with van der Waals surface area (Å²) in [4.78, 5) is 0. The summed E-state index contributed by atoms with van der Waals surface area (Å²) in [5.41, 5.74) is 0. The van der Waals surface area contributed by atoms with E-state index in [0.29, 0.717) is 0 Å². The maximum atomic E-state index is 5.98. The minimum absolute atomic E-state index is 0.775. The molecule has 0 N–H and O–H groups in total. The Kier molecular flexibility index (Phi) is 5.84. The van der Waals surface area contributed by atoms with Crippen molar-refractivity contribution in [2.24, 2.45) is 5.92 Å². The van der Waals surface area contributed by atoms with Crippen LogP contribution in [0.2, 0.25) is 18.6 Å². The Morgan fingerprint density at radius 3 is 2.00 bits per heavy atom. The van der Waals surface area contributed by atoms with E-state index in [1.54, 1.807) is 0 Å². The van der Waals surface area contributed by atoms with Crippen molar-refractivity contribution in [2.75, 3.05) is 6.61 Å². The minimum atomic E-state index is -1.26. The summed E-state index contributed by atoms with van der Waals surface area (Å²) in [6, 6.07) is 2.50. The number of hydrogen-bond acceptors (Lipinski definition) is 1. The molecular weight excluding hydrogens is 164 g/mol. The van der Waals surface area contributed by atoms with Gasteiger partial charge in [0.2, 0.25) is 0 Å². The molecule has 0 atom stereocenters. The Labute approximate surface area is 78.6 Å². The molecule has 0 aliphatic carbocycles. The molecule has 0 aromatic heterocycles. The third-order valence-corrected chi connectivity index (χ3v) is 6.53. The average Bonchev–Trinajstić information content (AvgIpc) is 2.03. The molecule has 0 bridgehead atoms. The molecule has 0 heterocycles. The molecule has 2 heteroatoms. The largest absolute Gasteiger partial charge is 0.417 e. The van der Waals surface area contributed by atoms with Crippen LogP contribution in [-0.4, -0.2) is 14.9 Å². The van der Waals surface area contributed by atoms with Gasteiger partial charge in [0.1, 0.15) is 0 Å². The van der Waals surface area contributed by atoms with E-state index in [9.17, 15) is 0 Å². The Morgan fingerprint density at radius 2 is 1.67 bits per heavy atom. The summed E-state index contributed by atoms with van der Waals surface area (Å²) in [6.07, 6.45) is 1.21. The van der Waals surface area contributed by atoms with Gasteiger partial charge < -0.3 is 4.43 Å². The molecule has 0 aliphatic heterocycles. The molecule has 0 amide bonds. The first-order valence-corrected chi connectivity index (χ1v) is 8.00. The summed E-state index contributed by atoms with van der Waals surface area (Å²) >= 11 is 0. The van der Waals surface area contributed by atoms with Crippen LogP contribution in [0.3, 0.4) is 0 Å². The van der Waals surface area contributed by atoms with Gasteiger partial charge in [-0.05, 0) is 31.0 Å². The molecule has 0 unspecified atom stereocenters. The molecule has 1 nitrogen and oxygen atoms in total. The zero-order valence-corrected chi connectivity index (χ0v) is 10.3. The van der Waals surface area contributed by atoms with E-state index in [1.165, 1.54) is 18.5 Å². The highest BCUT2D eigenvalue weighted by molar-refractivity contribution is 6.72. The molecule has 0 saturated carbocycles. The topological polar surface area (TPSA) is 9.23 Å². The van der Waals surface area contributed by atoms with Crippen molar-refractivity contribution in [1.82, 2.24) is 0 Å². The lowest BCUT2D eigenvalue weighted by Gasteiger charge is -2.24. The maximum absolute atomic E-state index is 5.98. The molecule has 74 valence electrons. The summed E-state index contributed by atoms with van der Waals surface area (Å²) in [7, 11) is -1.26. The van der Waals surface area contributed by atoms with Crippen molar-refractivity contribution in [3.63, 3.8) is 0 Å². The molecule has 0 aromatic carbocycles. The monoisotopic (exact) mass is 188 g/mol. The minimum Gasteiger partial charge on any atom is -0.417 e. The van der Waals surface area contributed by atoms with E-state index in [0.717, 1.165) is 12.5 Å². The van der Waals surface area contributed by atoms with Crippen LogP contribution >= 0.6 is 0 Å². The van der Waals surface area contributed by atoms with Crippen LogP contribution in [0, 0.1) is 5.92 Å². The van der Waals surface area contributed by atoms with Crippen LogP contribution < -0.4 is 0 Å². The van der Waals surface area contributed by atoms with E-state index in [-0.39, 0.29) is 0 Å². The van der Waals surface area contributed by atoms with Crippen molar-refractivity contribution < 1.29 is 4.43 Å². The van der Waals surface area contributed by atoms with Gasteiger partial charge in [-0.1, -0.05) is 27.7 Å². The first-order chi connectivity index (χ1) is 5.54. The fourth-order valence-corrected chi connectivity index (χ4v) is 2.51. The standard InChI is InChI=1S/C10H24OSi/c1-6-12(5,7-2)11-9-8-10(3)4/h10H,6-9H2,1-5H3. The normalized spacial score (nSPS) is 12.5. The van der Waals surface area contributed by atoms with Crippen LogP contribution in [0.1, 0.15) is 34.1 Å². The lowest BCUT2D eigenvalue weighted by atomic mass is 10.2. The maximum Gasteiger partial charge on any atom is 0.189 e. The predicted molar refractivity (Wildman–Crippen MR) is 58.0 cm³/mol. The van der Waals surface area contributed by atoms with Crippen LogP contribution in [0.25, 0.3) is 0 Å². The van der Waals surface area contributed by atoms with Crippen molar-refractivity contribution in [3.8, 4) is 0 Å². The third kappa shape index (κ3) is 4.94. The molecule has 0 saturated heterocycles. The molecular formula is C10H24OSi. The van der Waals surface area contributed by atoms with Crippen LogP contribution in [0.4, 0.5) is 0 Å². The van der Waals surface area contributed by atoms with Gasteiger partial charge in [-0.15, -0.1) is 0 Å². The molecule has 0 fully saturated rings. The van der Waals surface area contributed by atoms with Gasteiger partial charge in [0.15, 0.2) is 8.32 Å². The highest BCUT2D eigenvalue weighted by Crippen LogP contribution is 2.16. The molecule has 0 radical (unpaired) electrons. The van der Waals surface area contributed by atoms with Crippen LogP contribution in [0.15, 0.2) is 0 Å². The van der Waals surface area contributed by atoms with E-state index >= 15 is 0 Å². The van der Waals surface area contributed by atoms with E-state index in [2.05, 4.69) is 34.2 Å². The zero-order valence-electron chi connectivity index (χ0n) is 9.31. The average molecular weight is 188 g/mol. The fourth-order valence-electron chi connectivity index (χ4n) is 0.995. The highest BCUT2D eigenvalue weighted by atomic mass is 28.4. The summed E-state index contributed by atoms with van der Waals surface area (Å²) in [5.74, 6) is 0.775. The summed E-state index contributed by atoms with van der Waals surface area (Å²) < 4.78 is 5.98. The lowest BCUT2D eigenvalue weighted by molar-refractivity contribution is 0.277. The smallest absolute Gasteiger partial charge is 0.189 e. The number of rotatable bonds is 6. The zero-order chi connectivity index (χ0) is 9.61. The van der Waals surface area contributed by atoms with Crippen LogP contribution in [-0.2, 0) is 4.43 Å². The molecule has 0 aromatic rings. The van der Waals surface area contributed by atoms with Crippen molar-refractivity contribution >= 4 is 8.32 Å². The second kappa shape index (κ2) is 5.76. The Morgan fingerprint density at radius 1 is 1.17 bits per heavy atom. The van der Waals surface area contributed by atoms with E-state index in [4.69, 9.17) is 4.43 Å². The molecule has 12 heavy (non-hydrogen) atoms. The van der Waals surface area contributed by atoms with Gasteiger partial charge >= 0.3 is 0 Å². The van der Waals surface area contributed by atoms with E-state index < -0.39 is 8.32 Å². The molecule has 0 aliphatic rings. The molecule has 0 rings (SSSR count). The van der Waals surface area contributed by atoms with Crippen LogP contribution in [0.5, 0.6) is 0 Å². The number of hydrogen-bond donors (Lipinski definition) is 0. The SMILES string of the molecule is CC[Si](C)(CC)OCCC(C)C. The van der Waals surface area contributed by atoms with Crippen molar-refractivity contribution in [3.05, 3.63) is 0 Å².